The van der Waals surface area contributed by atoms with Gasteiger partial charge in [0.2, 0.25) is 0 Å². The van der Waals surface area contributed by atoms with Crippen molar-refractivity contribution >= 4 is 16.9 Å². The Morgan fingerprint density at radius 1 is 1.50 bits per heavy atom. The van der Waals surface area contributed by atoms with Gasteiger partial charge in [-0.3, -0.25) is 4.79 Å². The predicted octanol–water partition coefficient (Wildman–Crippen LogP) is 2.00. The van der Waals surface area contributed by atoms with E-state index in [4.69, 9.17) is 10.2 Å². The van der Waals surface area contributed by atoms with Gasteiger partial charge < -0.3 is 14.9 Å². The molecule has 1 unspecified atom stereocenters. The molecule has 1 aromatic carbocycles. The van der Waals surface area contributed by atoms with Crippen LogP contribution in [0.3, 0.4) is 0 Å². The zero-order chi connectivity index (χ0) is 11.5. The normalized spacial score (nSPS) is 12.6. The Balaban J connectivity index is 2.23. The van der Waals surface area contributed by atoms with Crippen LogP contribution in [0.5, 0.6) is 0 Å². The van der Waals surface area contributed by atoms with Gasteiger partial charge in [-0.05, 0) is 12.1 Å². The van der Waals surface area contributed by atoms with Crippen molar-refractivity contribution in [2.24, 2.45) is 5.73 Å². The zero-order valence-electron chi connectivity index (χ0n) is 8.97. The van der Waals surface area contributed by atoms with Crippen LogP contribution in [0.2, 0.25) is 0 Å². The summed E-state index contributed by atoms with van der Waals surface area (Å²) in [6, 6.07) is 9.01. The number of carbonyl (C=O) groups excluding carboxylic acids is 1. The fourth-order valence-electron chi connectivity index (χ4n) is 1.55. The molecule has 16 heavy (non-hydrogen) atoms. The Morgan fingerprint density at radius 2 is 2.25 bits per heavy atom. The Labute approximate surface area is 93.0 Å². The van der Waals surface area contributed by atoms with E-state index in [1.165, 1.54) is 7.11 Å². The van der Waals surface area contributed by atoms with Crippen LogP contribution in [0.15, 0.2) is 34.7 Å². The first-order chi connectivity index (χ1) is 7.70. The summed E-state index contributed by atoms with van der Waals surface area (Å²) in [5.41, 5.74) is 6.62. The van der Waals surface area contributed by atoms with E-state index in [9.17, 15) is 4.79 Å². The number of furan rings is 1. The van der Waals surface area contributed by atoms with Crippen LogP contribution >= 0.6 is 0 Å². The fraction of sp³-hybridized carbons (Fsp3) is 0.250. The topological polar surface area (TPSA) is 65.5 Å². The molecule has 0 bridgehead atoms. The fourth-order valence-corrected chi connectivity index (χ4v) is 1.55. The van der Waals surface area contributed by atoms with Crippen molar-refractivity contribution in [2.75, 3.05) is 7.11 Å². The summed E-state index contributed by atoms with van der Waals surface area (Å²) in [7, 11) is 1.34. The van der Waals surface area contributed by atoms with Crippen molar-refractivity contribution in [1.82, 2.24) is 0 Å². The van der Waals surface area contributed by atoms with Gasteiger partial charge in [0.05, 0.1) is 19.6 Å². The van der Waals surface area contributed by atoms with E-state index < -0.39 is 6.04 Å². The van der Waals surface area contributed by atoms with E-state index in [1.54, 1.807) is 0 Å². The maximum Gasteiger partial charge on any atom is 0.307 e. The number of benzene rings is 1. The molecule has 84 valence electrons. The van der Waals surface area contributed by atoms with E-state index in [2.05, 4.69) is 4.74 Å². The summed E-state index contributed by atoms with van der Waals surface area (Å²) in [6.45, 7) is 0. The van der Waals surface area contributed by atoms with Crippen LogP contribution in [0.1, 0.15) is 18.2 Å². The zero-order valence-corrected chi connectivity index (χ0v) is 8.97. The molecule has 0 spiro atoms. The first-order valence-electron chi connectivity index (χ1n) is 5.01. The molecule has 0 saturated carbocycles. The summed E-state index contributed by atoms with van der Waals surface area (Å²) in [4.78, 5) is 11.1. The van der Waals surface area contributed by atoms with Crippen LogP contribution in [-0.2, 0) is 9.53 Å². The summed E-state index contributed by atoms with van der Waals surface area (Å²) >= 11 is 0. The monoisotopic (exact) mass is 219 g/mol. The first kappa shape index (κ1) is 10.7. The van der Waals surface area contributed by atoms with Crippen LogP contribution in [0.4, 0.5) is 0 Å². The highest BCUT2D eigenvalue weighted by molar-refractivity contribution is 5.78. The third-order valence-electron chi connectivity index (χ3n) is 2.42. The molecule has 0 saturated heterocycles. The lowest BCUT2D eigenvalue weighted by molar-refractivity contribution is -0.141. The van der Waals surface area contributed by atoms with Crippen LogP contribution in [0, 0.1) is 0 Å². The number of nitrogens with two attached hydrogens (primary N) is 1. The lowest BCUT2D eigenvalue weighted by atomic mass is 10.1. The summed E-state index contributed by atoms with van der Waals surface area (Å²) in [5, 5.41) is 0.984. The van der Waals surface area contributed by atoms with Gasteiger partial charge in [-0.25, -0.2) is 0 Å². The highest BCUT2D eigenvalue weighted by Crippen LogP contribution is 2.24. The van der Waals surface area contributed by atoms with Crippen molar-refractivity contribution < 1.29 is 13.9 Å². The third kappa shape index (κ3) is 2.06. The van der Waals surface area contributed by atoms with E-state index >= 15 is 0 Å². The maximum atomic E-state index is 11.1. The number of ether oxygens (including phenoxy) is 1. The second-order valence-electron chi connectivity index (χ2n) is 3.57. The summed E-state index contributed by atoms with van der Waals surface area (Å²) < 4.78 is 10.1. The summed E-state index contributed by atoms with van der Waals surface area (Å²) in [6.07, 6.45) is 0.121. The highest BCUT2D eigenvalue weighted by Gasteiger charge is 2.15. The van der Waals surface area contributed by atoms with Gasteiger partial charge in [-0.2, -0.15) is 0 Å². The molecule has 1 aromatic heterocycles. The number of methoxy groups -OCH3 is 1. The number of fused-ring (bicyclic) bond motifs is 1. The van der Waals surface area contributed by atoms with Gasteiger partial charge in [0.1, 0.15) is 11.3 Å². The second kappa shape index (κ2) is 4.37. The minimum Gasteiger partial charge on any atom is -0.469 e. The highest BCUT2D eigenvalue weighted by atomic mass is 16.5. The number of rotatable bonds is 3. The molecular formula is C12H13NO3. The Hall–Kier alpha value is -1.81. The van der Waals surface area contributed by atoms with Gasteiger partial charge in [0.15, 0.2) is 0 Å². The molecular weight excluding hydrogens is 206 g/mol. The van der Waals surface area contributed by atoms with Gasteiger partial charge in [0, 0.05) is 5.39 Å². The van der Waals surface area contributed by atoms with E-state index in [0.717, 1.165) is 11.0 Å². The third-order valence-corrected chi connectivity index (χ3v) is 2.42. The molecule has 4 nitrogen and oxygen atoms in total. The van der Waals surface area contributed by atoms with Crippen molar-refractivity contribution in [3.63, 3.8) is 0 Å². The lowest BCUT2D eigenvalue weighted by Crippen LogP contribution is -2.15. The van der Waals surface area contributed by atoms with Crippen LogP contribution in [0.25, 0.3) is 11.0 Å². The van der Waals surface area contributed by atoms with Gasteiger partial charge in [0.25, 0.3) is 0 Å². The Bertz CT molecular complexity index is 471. The van der Waals surface area contributed by atoms with Gasteiger partial charge in [-0.15, -0.1) is 0 Å². The standard InChI is InChI=1S/C12H13NO3/c1-15-12(14)7-9(13)11-6-8-4-2-3-5-10(8)16-11/h2-6,9H,7,13H2,1H3. The molecule has 0 amide bonds. The molecule has 2 rings (SSSR count). The largest absolute Gasteiger partial charge is 0.469 e. The maximum absolute atomic E-state index is 11.1. The van der Waals surface area contributed by atoms with Crippen molar-refractivity contribution in [3.8, 4) is 0 Å². The molecule has 1 atom stereocenters. The number of esters is 1. The van der Waals surface area contributed by atoms with Crippen LogP contribution < -0.4 is 5.73 Å². The number of hydrogen-bond acceptors (Lipinski definition) is 4. The minimum absolute atomic E-state index is 0.121. The SMILES string of the molecule is COC(=O)CC(N)c1cc2ccccc2o1. The van der Waals surface area contributed by atoms with Crippen molar-refractivity contribution in [2.45, 2.75) is 12.5 Å². The summed E-state index contributed by atoms with van der Waals surface area (Å²) in [5.74, 6) is 0.263. The molecule has 4 heteroatoms. The van der Waals surface area contributed by atoms with E-state index in [-0.39, 0.29) is 12.4 Å². The Morgan fingerprint density at radius 3 is 2.94 bits per heavy atom. The van der Waals surface area contributed by atoms with Crippen molar-refractivity contribution in [3.05, 3.63) is 36.1 Å². The van der Waals surface area contributed by atoms with Crippen LogP contribution in [-0.4, -0.2) is 13.1 Å². The number of carbonyl (C=O) groups is 1. The van der Waals surface area contributed by atoms with E-state index in [0.29, 0.717) is 5.76 Å². The number of para-hydroxylation sites is 1. The van der Waals surface area contributed by atoms with Gasteiger partial charge in [-0.1, -0.05) is 18.2 Å². The molecule has 0 aliphatic carbocycles. The first-order valence-corrected chi connectivity index (χ1v) is 5.01. The smallest absolute Gasteiger partial charge is 0.307 e. The minimum atomic E-state index is -0.458. The lowest BCUT2D eigenvalue weighted by Gasteiger charge is -2.05. The van der Waals surface area contributed by atoms with Crippen molar-refractivity contribution in [1.29, 1.82) is 0 Å². The number of hydrogen-bond donors (Lipinski definition) is 1. The molecule has 0 fully saturated rings. The second-order valence-corrected chi connectivity index (χ2v) is 3.57. The average Bonchev–Trinajstić information content (AvgIpc) is 2.72. The van der Waals surface area contributed by atoms with Gasteiger partial charge >= 0.3 is 5.97 Å². The van der Waals surface area contributed by atoms with E-state index in [1.807, 2.05) is 30.3 Å². The molecule has 0 aliphatic rings. The molecule has 0 aliphatic heterocycles. The average molecular weight is 219 g/mol. The predicted molar refractivity (Wildman–Crippen MR) is 59.8 cm³/mol. The quantitative estimate of drug-likeness (QED) is 0.802. The molecule has 2 aromatic rings. The molecule has 0 radical (unpaired) electrons. The molecule has 2 N–H and O–H groups in total. The molecule has 1 heterocycles. The Kier molecular flexibility index (Phi) is 2.92.